The number of hydrogen-bond donors (Lipinski definition) is 1. The SMILES string of the molecule is CC(=O)N(CCc1ccccc1)CC(=O)N1CC2CCCC2C1C(=O)O. The van der Waals surface area contributed by atoms with E-state index in [2.05, 4.69) is 0 Å². The summed E-state index contributed by atoms with van der Waals surface area (Å²) in [5.41, 5.74) is 1.10. The third kappa shape index (κ3) is 3.89. The molecule has 26 heavy (non-hydrogen) atoms. The van der Waals surface area contributed by atoms with Gasteiger partial charge in [0.1, 0.15) is 6.04 Å². The third-order valence-corrected chi connectivity index (χ3v) is 5.75. The third-order valence-electron chi connectivity index (χ3n) is 5.75. The highest BCUT2D eigenvalue weighted by Gasteiger charge is 2.49. The number of fused-ring (bicyclic) bond motifs is 1. The molecule has 1 N–H and O–H groups in total. The van der Waals surface area contributed by atoms with Crippen LogP contribution in [-0.2, 0) is 20.8 Å². The van der Waals surface area contributed by atoms with E-state index in [9.17, 15) is 19.5 Å². The summed E-state index contributed by atoms with van der Waals surface area (Å²) in [5, 5.41) is 9.60. The van der Waals surface area contributed by atoms with Gasteiger partial charge in [-0.05, 0) is 36.7 Å². The molecule has 6 heteroatoms. The Hall–Kier alpha value is -2.37. The summed E-state index contributed by atoms with van der Waals surface area (Å²) in [5.74, 6) is -0.997. The van der Waals surface area contributed by atoms with E-state index in [1.54, 1.807) is 0 Å². The Labute approximate surface area is 153 Å². The van der Waals surface area contributed by atoms with Crippen molar-refractivity contribution < 1.29 is 19.5 Å². The highest BCUT2D eigenvalue weighted by Crippen LogP contribution is 2.42. The Kier molecular flexibility index (Phi) is 5.59. The monoisotopic (exact) mass is 358 g/mol. The van der Waals surface area contributed by atoms with Crippen LogP contribution in [0.4, 0.5) is 0 Å². The van der Waals surface area contributed by atoms with Crippen LogP contribution in [0.1, 0.15) is 31.7 Å². The standard InChI is InChI=1S/C20H26N2O4/c1-14(23)21(11-10-15-6-3-2-4-7-15)13-18(24)22-12-16-8-5-9-17(16)19(22)20(25)26/h2-4,6-7,16-17,19H,5,8-13H2,1H3,(H,25,26). The number of rotatable bonds is 6. The quantitative estimate of drug-likeness (QED) is 0.841. The van der Waals surface area contributed by atoms with Crippen molar-refractivity contribution in [1.29, 1.82) is 0 Å². The lowest BCUT2D eigenvalue weighted by atomic mass is 9.94. The Morgan fingerprint density at radius 2 is 1.92 bits per heavy atom. The molecule has 2 amide bonds. The van der Waals surface area contributed by atoms with Crippen LogP contribution in [0, 0.1) is 11.8 Å². The molecule has 0 bridgehead atoms. The fourth-order valence-electron chi connectivity index (χ4n) is 4.39. The van der Waals surface area contributed by atoms with E-state index in [1.165, 1.54) is 16.7 Å². The van der Waals surface area contributed by atoms with E-state index in [1.807, 2.05) is 30.3 Å². The van der Waals surface area contributed by atoms with Crippen LogP contribution in [0.15, 0.2) is 30.3 Å². The molecule has 1 aromatic rings. The molecule has 3 unspecified atom stereocenters. The Balaban J connectivity index is 1.64. The van der Waals surface area contributed by atoms with Gasteiger partial charge in [0.15, 0.2) is 0 Å². The zero-order chi connectivity index (χ0) is 18.7. The van der Waals surface area contributed by atoms with Gasteiger partial charge in [-0.1, -0.05) is 36.8 Å². The fourth-order valence-corrected chi connectivity index (χ4v) is 4.39. The number of nitrogens with zero attached hydrogens (tertiary/aromatic N) is 2. The number of carboxylic acids is 1. The smallest absolute Gasteiger partial charge is 0.326 e. The van der Waals surface area contributed by atoms with Crippen molar-refractivity contribution in [3.8, 4) is 0 Å². The molecule has 6 nitrogen and oxygen atoms in total. The van der Waals surface area contributed by atoms with E-state index >= 15 is 0 Å². The summed E-state index contributed by atoms with van der Waals surface area (Å²) in [6.45, 7) is 2.35. The summed E-state index contributed by atoms with van der Waals surface area (Å²) < 4.78 is 0. The Morgan fingerprint density at radius 3 is 2.58 bits per heavy atom. The number of likely N-dealkylation sites (tertiary alicyclic amines) is 1. The molecular weight excluding hydrogens is 332 g/mol. The van der Waals surface area contributed by atoms with Crippen molar-refractivity contribution in [2.75, 3.05) is 19.6 Å². The van der Waals surface area contributed by atoms with Gasteiger partial charge in [-0.15, -0.1) is 0 Å². The molecule has 2 fully saturated rings. The molecule has 1 aliphatic heterocycles. The normalized spacial score (nSPS) is 24.3. The second-order valence-electron chi connectivity index (χ2n) is 7.36. The topological polar surface area (TPSA) is 77.9 Å². The predicted molar refractivity (Wildman–Crippen MR) is 96.4 cm³/mol. The Bertz CT molecular complexity index is 676. The van der Waals surface area contributed by atoms with E-state index < -0.39 is 12.0 Å². The lowest BCUT2D eigenvalue weighted by Gasteiger charge is -2.28. The second-order valence-corrected chi connectivity index (χ2v) is 7.36. The molecule has 2 aliphatic rings. The minimum atomic E-state index is -0.925. The number of carboxylic acid groups (broad SMARTS) is 1. The summed E-state index contributed by atoms with van der Waals surface area (Å²) in [7, 11) is 0. The van der Waals surface area contributed by atoms with Crippen molar-refractivity contribution in [1.82, 2.24) is 9.80 Å². The first-order valence-corrected chi connectivity index (χ1v) is 9.29. The number of carbonyl (C=O) groups excluding carboxylic acids is 2. The van der Waals surface area contributed by atoms with Crippen molar-refractivity contribution in [2.24, 2.45) is 11.8 Å². The van der Waals surface area contributed by atoms with Crippen LogP contribution >= 0.6 is 0 Å². The summed E-state index contributed by atoms with van der Waals surface area (Å²) in [4.78, 5) is 39.5. The molecule has 140 valence electrons. The molecule has 3 rings (SSSR count). The summed E-state index contributed by atoms with van der Waals surface area (Å²) >= 11 is 0. The second kappa shape index (κ2) is 7.89. The zero-order valence-electron chi connectivity index (χ0n) is 15.1. The van der Waals surface area contributed by atoms with Crippen LogP contribution in [0.3, 0.4) is 0 Å². The molecule has 1 heterocycles. The van der Waals surface area contributed by atoms with Gasteiger partial charge in [-0.3, -0.25) is 9.59 Å². The fraction of sp³-hybridized carbons (Fsp3) is 0.550. The maximum Gasteiger partial charge on any atom is 0.326 e. The van der Waals surface area contributed by atoms with E-state index in [0.29, 0.717) is 19.5 Å². The minimum Gasteiger partial charge on any atom is -0.480 e. The highest BCUT2D eigenvalue weighted by atomic mass is 16.4. The molecule has 1 saturated carbocycles. The molecule has 3 atom stereocenters. The van der Waals surface area contributed by atoms with Gasteiger partial charge in [-0.2, -0.15) is 0 Å². The van der Waals surface area contributed by atoms with Gasteiger partial charge in [0.05, 0.1) is 6.54 Å². The first kappa shape index (κ1) is 18.4. The van der Waals surface area contributed by atoms with Gasteiger partial charge < -0.3 is 14.9 Å². The summed E-state index contributed by atoms with van der Waals surface area (Å²) in [6, 6.07) is 9.06. The van der Waals surface area contributed by atoms with Crippen LogP contribution in [-0.4, -0.2) is 58.4 Å². The first-order valence-electron chi connectivity index (χ1n) is 9.29. The largest absolute Gasteiger partial charge is 0.480 e. The molecule has 0 aromatic heterocycles. The maximum atomic E-state index is 12.8. The predicted octanol–water partition coefficient (Wildman–Crippen LogP) is 1.79. The molecular formula is C20H26N2O4. The minimum absolute atomic E-state index is 0.0502. The molecule has 1 aliphatic carbocycles. The highest BCUT2D eigenvalue weighted by molar-refractivity contribution is 5.88. The van der Waals surface area contributed by atoms with Crippen LogP contribution in [0.25, 0.3) is 0 Å². The summed E-state index contributed by atoms with van der Waals surface area (Å²) in [6.07, 6.45) is 3.57. The number of aliphatic carboxylic acids is 1. The lowest BCUT2D eigenvalue weighted by molar-refractivity contribution is -0.150. The van der Waals surface area contributed by atoms with Gasteiger partial charge in [0.2, 0.25) is 11.8 Å². The van der Waals surface area contributed by atoms with Crippen molar-refractivity contribution in [3.63, 3.8) is 0 Å². The van der Waals surface area contributed by atoms with Gasteiger partial charge >= 0.3 is 5.97 Å². The van der Waals surface area contributed by atoms with E-state index in [4.69, 9.17) is 0 Å². The van der Waals surface area contributed by atoms with Crippen LogP contribution in [0.5, 0.6) is 0 Å². The van der Waals surface area contributed by atoms with Gasteiger partial charge in [-0.25, -0.2) is 4.79 Å². The van der Waals surface area contributed by atoms with Crippen molar-refractivity contribution >= 4 is 17.8 Å². The lowest BCUT2D eigenvalue weighted by Crippen LogP contribution is -2.48. The molecule has 0 radical (unpaired) electrons. The number of hydrogen-bond acceptors (Lipinski definition) is 3. The number of amides is 2. The van der Waals surface area contributed by atoms with Gasteiger partial charge in [0.25, 0.3) is 0 Å². The first-order chi connectivity index (χ1) is 12.5. The average Bonchev–Trinajstić information content (AvgIpc) is 3.19. The maximum absolute atomic E-state index is 12.8. The number of benzene rings is 1. The molecule has 1 saturated heterocycles. The van der Waals surface area contributed by atoms with Gasteiger partial charge in [0, 0.05) is 20.0 Å². The Morgan fingerprint density at radius 1 is 1.19 bits per heavy atom. The van der Waals surface area contributed by atoms with Crippen LogP contribution < -0.4 is 0 Å². The van der Waals surface area contributed by atoms with Crippen LogP contribution in [0.2, 0.25) is 0 Å². The average molecular weight is 358 g/mol. The molecule has 0 spiro atoms. The number of carbonyl (C=O) groups is 3. The zero-order valence-corrected chi connectivity index (χ0v) is 15.1. The van der Waals surface area contributed by atoms with Crippen molar-refractivity contribution in [3.05, 3.63) is 35.9 Å². The van der Waals surface area contributed by atoms with E-state index in [-0.39, 0.29) is 30.2 Å². The molecule has 1 aromatic carbocycles. The van der Waals surface area contributed by atoms with E-state index in [0.717, 1.165) is 24.8 Å². The van der Waals surface area contributed by atoms with Crippen molar-refractivity contribution in [2.45, 2.75) is 38.6 Å².